The molecule has 28 heavy (non-hydrogen) atoms. The summed E-state index contributed by atoms with van der Waals surface area (Å²) in [5.41, 5.74) is 2.50. The number of fused-ring (bicyclic) bond motifs is 1. The second-order valence-corrected chi connectivity index (χ2v) is 7.36. The van der Waals surface area contributed by atoms with Crippen LogP contribution < -0.4 is 5.32 Å². The van der Waals surface area contributed by atoms with Crippen molar-refractivity contribution < 1.29 is 4.74 Å². The Labute approximate surface area is 164 Å². The van der Waals surface area contributed by atoms with E-state index < -0.39 is 0 Å². The second-order valence-electron chi connectivity index (χ2n) is 7.36. The zero-order valence-corrected chi connectivity index (χ0v) is 15.9. The van der Waals surface area contributed by atoms with Crippen LogP contribution in [0.15, 0.2) is 42.5 Å². The minimum atomic E-state index is -0.0681. The molecule has 0 aliphatic heterocycles. The fraction of sp³-hybridized carbons (Fsp3) is 0.261. The van der Waals surface area contributed by atoms with E-state index in [2.05, 4.69) is 34.4 Å². The smallest absolute Gasteiger partial charge is 0.156 e. The van der Waals surface area contributed by atoms with Gasteiger partial charge in [-0.15, -0.1) is 16.6 Å². The molecule has 0 atom stereocenters. The van der Waals surface area contributed by atoms with E-state index in [1.54, 1.807) is 13.2 Å². The Morgan fingerprint density at radius 3 is 2.61 bits per heavy atom. The lowest BCUT2D eigenvalue weighted by Crippen LogP contribution is -2.49. The van der Waals surface area contributed by atoms with Crippen molar-refractivity contribution in [1.29, 1.82) is 5.26 Å². The minimum Gasteiger partial charge on any atom is -0.378 e. The van der Waals surface area contributed by atoms with Gasteiger partial charge in [0.05, 0.1) is 17.2 Å². The zero-order valence-electron chi connectivity index (χ0n) is 15.9. The molecule has 0 amide bonds. The van der Waals surface area contributed by atoms with E-state index in [1.807, 2.05) is 36.4 Å². The van der Waals surface area contributed by atoms with E-state index in [1.165, 1.54) is 0 Å². The van der Waals surface area contributed by atoms with Crippen LogP contribution in [-0.4, -0.2) is 29.0 Å². The largest absolute Gasteiger partial charge is 0.378 e. The first-order chi connectivity index (χ1) is 13.6. The first-order valence-electron chi connectivity index (χ1n) is 9.15. The van der Waals surface area contributed by atoms with Gasteiger partial charge >= 0.3 is 0 Å². The van der Waals surface area contributed by atoms with Crippen LogP contribution in [0.25, 0.3) is 22.0 Å². The third-order valence-electron chi connectivity index (χ3n) is 5.44. The van der Waals surface area contributed by atoms with E-state index in [-0.39, 0.29) is 5.60 Å². The third-order valence-corrected chi connectivity index (χ3v) is 5.44. The Morgan fingerprint density at radius 2 is 1.93 bits per heavy atom. The van der Waals surface area contributed by atoms with Crippen LogP contribution in [0.4, 0.5) is 5.82 Å². The lowest BCUT2D eigenvalue weighted by Gasteiger charge is -2.44. The number of nitrogens with zero attached hydrogens (tertiary/aromatic N) is 3. The van der Waals surface area contributed by atoms with Crippen molar-refractivity contribution in [3.05, 3.63) is 53.6 Å². The van der Waals surface area contributed by atoms with E-state index >= 15 is 0 Å². The summed E-state index contributed by atoms with van der Waals surface area (Å²) < 4.78 is 5.53. The summed E-state index contributed by atoms with van der Waals surface area (Å²) in [6.07, 6.45) is 7.31. The summed E-state index contributed by atoms with van der Waals surface area (Å²) in [5, 5.41) is 23.9. The van der Waals surface area contributed by atoms with Gasteiger partial charge in [0.25, 0.3) is 0 Å². The van der Waals surface area contributed by atoms with Crippen LogP contribution in [0.2, 0.25) is 0 Å². The predicted octanol–water partition coefficient (Wildman–Crippen LogP) is 4.13. The van der Waals surface area contributed by atoms with Crippen molar-refractivity contribution in [3.63, 3.8) is 0 Å². The topological polar surface area (TPSA) is 70.8 Å². The molecule has 1 aliphatic carbocycles. The summed E-state index contributed by atoms with van der Waals surface area (Å²) in [6, 6.07) is 15.9. The van der Waals surface area contributed by atoms with E-state index in [4.69, 9.17) is 11.2 Å². The quantitative estimate of drug-likeness (QED) is 0.701. The molecule has 1 fully saturated rings. The molecule has 0 unspecified atom stereocenters. The number of hydrogen-bond acceptors (Lipinski definition) is 5. The van der Waals surface area contributed by atoms with Gasteiger partial charge in [0.2, 0.25) is 0 Å². The predicted molar refractivity (Wildman–Crippen MR) is 110 cm³/mol. The monoisotopic (exact) mass is 368 g/mol. The average molecular weight is 368 g/mol. The number of ether oxygens (including phenoxy) is 1. The molecule has 2 aromatic carbocycles. The molecule has 5 heteroatoms. The van der Waals surface area contributed by atoms with Gasteiger partial charge in [-0.1, -0.05) is 36.3 Å². The molecule has 4 rings (SSSR count). The SMILES string of the molecule is C#Cc1ccc(-c2nnc(NC3CC(C)(OC)C3)c3ccccc23)c(C#N)c1. The summed E-state index contributed by atoms with van der Waals surface area (Å²) in [7, 11) is 1.75. The number of anilines is 1. The second kappa shape index (κ2) is 6.96. The van der Waals surface area contributed by atoms with Crippen molar-refractivity contribution in [2.24, 2.45) is 0 Å². The normalized spacial score (nSPS) is 20.8. The van der Waals surface area contributed by atoms with E-state index in [9.17, 15) is 5.26 Å². The van der Waals surface area contributed by atoms with Crippen molar-refractivity contribution in [2.45, 2.75) is 31.4 Å². The van der Waals surface area contributed by atoms with Gasteiger partial charge < -0.3 is 10.1 Å². The molecule has 0 spiro atoms. The van der Waals surface area contributed by atoms with Crippen LogP contribution in [-0.2, 0) is 4.74 Å². The highest BCUT2D eigenvalue weighted by Gasteiger charge is 2.40. The Balaban J connectivity index is 1.75. The van der Waals surface area contributed by atoms with Crippen LogP contribution >= 0.6 is 0 Å². The highest BCUT2D eigenvalue weighted by Crippen LogP contribution is 2.38. The molecule has 1 N–H and O–H groups in total. The molecule has 3 aromatic rings. The van der Waals surface area contributed by atoms with Gasteiger partial charge in [0.1, 0.15) is 5.69 Å². The van der Waals surface area contributed by atoms with Crippen molar-refractivity contribution in [1.82, 2.24) is 10.2 Å². The first kappa shape index (κ1) is 18.0. The number of rotatable bonds is 4. The Hall–Kier alpha value is -3.41. The fourth-order valence-corrected chi connectivity index (χ4v) is 3.79. The van der Waals surface area contributed by atoms with Crippen molar-refractivity contribution >= 4 is 16.6 Å². The molecule has 138 valence electrons. The summed E-state index contributed by atoms with van der Waals surface area (Å²) >= 11 is 0. The molecule has 5 nitrogen and oxygen atoms in total. The van der Waals surface area contributed by atoms with Crippen LogP contribution in [0.3, 0.4) is 0 Å². The number of hydrogen-bond donors (Lipinski definition) is 1. The average Bonchev–Trinajstić information content (AvgIpc) is 2.72. The minimum absolute atomic E-state index is 0.0681. The van der Waals surface area contributed by atoms with Gasteiger partial charge in [0, 0.05) is 35.1 Å². The summed E-state index contributed by atoms with van der Waals surface area (Å²) in [5.74, 6) is 3.32. The van der Waals surface area contributed by atoms with E-state index in [0.29, 0.717) is 22.9 Å². The first-order valence-corrected chi connectivity index (χ1v) is 9.15. The van der Waals surface area contributed by atoms with Gasteiger partial charge in [0.15, 0.2) is 5.82 Å². The van der Waals surface area contributed by atoms with Crippen molar-refractivity contribution in [3.8, 4) is 29.7 Å². The lowest BCUT2D eigenvalue weighted by atomic mass is 9.77. The fourth-order valence-electron chi connectivity index (χ4n) is 3.79. The van der Waals surface area contributed by atoms with Crippen LogP contribution in [0.5, 0.6) is 0 Å². The highest BCUT2D eigenvalue weighted by atomic mass is 16.5. The van der Waals surface area contributed by atoms with Crippen LogP contribution in [0, 0.1) is 23.7 Å². The third kappa shape index (κ3) is 3.07. The molecule has 1 aromatic heterocycles. The van der Waals surface area contributed by atoms with Crippen molar-refractivity contribution in [2.75, 3.05) is 12.4 Å². The lowest BCUT2D eigenvalue weighted by molar-refractivity contribution is -0.0625. The molecule has 0 radical (unpaired) electrons. The maximum atomic E-state index is 9.57. The number of benzene rings is 2. The Morgan fingerprint density at radius 1 is 1.18 bits per heavy atom. The number of methoxy groups -OCH3 is 1. The van der Waals surface area contributed by atoms with Gasteiger partial charge in [-0.2, -0.15) is 5.26 Å². The number of nitriles is 1. The zero-order chi connectivity index (χ0) is 19.7. The van der Waals surface area contributed by atoms with Gasteiger partial charge in [-0.3, -0.25) is 0 Å². The van der Waals surface area contributed by atoms with Gasteiger partial charge in [-0.25, -0.2) is 0 Å². The maximum absolute atomic E-state index is 9.57. The number of nitrogens with one attached hydrogen (secondary N) is 1. The molecule has 0 bridgehead atoms. The van der Waals surface area contributed by atoms with E-state index in [0.717, 1.165) is 35.0 Å². The Bertz CT molecular complexity index is 1130. The molecule has 1 saturated carbocycles. The number of aromatic nitrogens is 2. The molecule has 1 heterocycles. The highest BCUT2D eigenvalue weighted by molar-refractivity contribution is 6.00. The standard InChI is InChI=1S/C23H20N4O/c1-4-15-9-10-18(16(11-15)14-24)21-19-7-5-6-8-20(19)22(27-26-21)25-17-12-23(2,13-17)28-3/h1,5-11,17H,12-13H2,2-3H3,(H,25,27). The number of terminal acetylenes is 1. The maximum Gasteiger partial charge on any atom is 0.156 e. The Kier molecular flexibility index (Phi) is 4.47. The van der Waals surface area contributed by atoms with Crippen LogP contribution in [0.1, 0.15) is 30.9 Å². The summed E-state index contributed by atoms with van der Waals surface area (Å²) in [4.78, 5) is 0. The molecule has 1 aliphatic rings. The molecular weight excluding hydrogens is 348 g/mol. The molecule has 0 saturated heterocycles. The van der Waals surface area contributed by atoms with Gasteiger partial charge in [-0.05, 0) is 31.9 Å². The summed E-state index contributed by atoms with van der Waals surface area (Å²) in [6.45, 7) is 2.11. The molecular formula is C23H20N4O.